The summed E-state index contributed by atoms with van der Waals surface area (Å²) >= 11 is 1.06. The summed E-state index contributed by atoms with van der Waals surface area (Å²) in [6.45, 7) is 1.89. The number of nitrogens with zero attached hydrogens (tertiary/aromatic N) is 4. The quantitative estimate of drug-likeness (QED) is 0.0408. The van der Waals surface area contributed by atoms with Gasteiger partial charge in [0.2, 0.25) is 11.8 Å². The van der Waals surface area contributed by atoms with Crippen LogP contribution in [-0.4, -0.2) is 108 Å². The third-order valence-electron chi connectivity index (χ3n) is 7.03. The second-order valence-corrected chi connectivity index (χ2v) is 16.8. The molecule has 2 aromatic heterocycles. The van der Waals surface area contributed by atoms with E-state index in [4.69, 9.17) is 10.5 Å². The Morgan fingerprint density at radius 1 is 1.07 bits per heavy atom. The molecule has 3 rings (SSSR count). The molecule has 2 aromatic rings. The zero-order valence-corrected chi connectivity index (χ0v) is 40.2. The number of rotatable bonds is 20. The molecule has 31 heteroatoms. The van der Waals surface area contributed by atoms with Crippen molar-refractivity contribution in [1.29, 1.82) is 0 Å². The minimum Gasteiger partial charge on any atom is -0.756 e. The van der Waals surface area contributed by atoms with Gasteiger partial charge in [0.25, 0.3) is 23.5 Å². The van der Waals surface area contributed by atoms with E-state index in [1.165, 1.54) is 13.8 Å². The van der Waals surface area contributed by atoms with E-state index in [0.717, 1.165) is 29.0 Å². The number of nitrogen functional groups attached to an aromatic ring is 1. The summed E-state index contributed by atoms with van der Waals surface area (Å²) in [5.74, 6) is -1.16. The first-order valence-corrected chi connectivity index (χ1v) is 20.5. The molecular weight excluding hydrogens is 852 g/mol. The SMILES string of the molecule is CCC(=O)SCCNC(=O)CCNC(=O)[C@H](O)C(C)(C)COP(=O)([O-])OP(=O)([O-])OC[C@H]1O[C@@H](n2cnc3c(N)ncnc32)[C@H](O)[C@@H]1OP(=O)([O-])O.[Na+].[Na+].[Na+]. The van der Waals surface area contributed by atoms with Crippen LogP contribution >= 0.6 is 35.2 Å². The molecule has 0 spiro atoms. The Morgan fingerprint density at radius 3 is 2.33 bits per heavy atom. The van der Waals surface area contributed by atoms with Crippen LogP contribution in [0.4, 0.5) is 5.82 Å². The smallest absolute Gasteiger partial charge is 0.756 e. The van der Waals surface area contributed by atoms with Crippen molar-refractivity contribution < 1.29 is 169 Å². The zero-order valence-electron chi connectivity index (χ0n) is 30.7. The molecule has 2 amide bonds. The fraction of sp³-hybridized carbons (Fsp3) is 0.667. The van der Waals surface area contributed by atoms with Crippen LogP contribution in [0.25, 0.3) is 11.2 Å². The molecule has 1 aliphatic rings. The van der Waals surface area contributed by atoms with Gasteiger partial charge in [0.05, 0.1) is 19.5 Å². The van der Waals surface area contributed by atoms with Gasteiger partial charge in [-0.05, 0) is 0 Å². The fourth-order valence-corrected chi connectivity index (χ4v) is 7.76. The fourth-order valence-electron chi connectivity index (χ4n) is 4.38. The molecule has 7 N–H and O–H groups in total. The number of carbonyl (C=O) groups excluding carboxylic acids is 3. The Hall–Kier alpha value is 0.560. The number of aromatic nitrogens is 4. The van der Waals surface area contributed by atoms with Crippen LogP contribution in [0.2, 0.25) is 0 Å². The number of hydrogen-bond donors (Lipinski definition) is 6. The van der Waals surface area contributed by atoms with Gasteiger partial charge in [-0.1, -0.05) is 32.5 Å². The van der Waals surface area contributed by atoms with Crippen LogP contribution in [0.1, 0.15) is 39.8 Å². The summed E-state index contributed by atoms with van der Waals surface area (Å²) in [4.78, 5) is 92.9. The van der Waals surface area contributed by atoms with Gasteiger partial charge in [-0.3, -0.25) is 32.6 Å². The van der Waals surface area contributed by atoms with Crippen molar-refractivity contribution in [2.45, 2.75) is 64.3 Å². The molecule has 55 heavy (non-hydrogen) atoms. The molecule has 0 aliphatic carbocycles. The molecule has 0 aromatic carbocycles. The van der Waals surface area contributed by atoms with Crippen LogP contribution in [0.15, 0.2) is 12.7 Å². The van der Waals surface area contributed by atoms with Gasteiger partial charge < -0.3 is 64.5 Å². The molecule has 3 unspecified atom stereocenters. The maximum atomic E-state index is 12.5. The molecule has 294 valence electrons. The number of carbonyl (C=O) groups is 3. The Bertz CT molecular complexity index is 1740. The van der Waals surface area contributed by atoms with Crippen molar-refractivity contribution in [3.63, 3.8) is 0 Å². The van der Waals surface area contributed by atoms with E-state index >= 15 is 0 Å². The van der Waals surface area contributed by atoms with E-state index in [-0.39, 0.29) is 130 Å². The molecule has 0 saturated carbocycles. The molecule has 1 fully saturated rings. The van der Waals surface area contributed by atoms with Crippen molar-refractivity contribution in [1.82, 2.24) is 30.2 Å². The Kier molecular flexibility index (Phi) is 24.4. The van der Waals surface area contributed by atoms with E-state index in [0.29, 0.717) is 12.2 Å². The van der Waals surface area contributed by atoms with Gasteiger partial charge in [0.1, 0.15) is 36.3 Å². The number of thioether (sulfide) groups is 1. The van der Waals surface area contributed by atoms with Crippen LogP contribution in [-0.2, 0) is 50.7 Å². The number of phosphoric ester groups is 3. The normalized spacial score (nSPS) is 22.1. The second kappa shape index (κ2) is 24.1. The molecule has 3 heterocycles. The van der Waals surface area contributed by atoms with Crippen molar-refractivity contribution in [2.75, 3.05) is 37.8 Å². The minimum atomic E-state index is -5.89. The number of hydrogen-bond acceptors (Lipinski definition) is 21. The molecule has 1 saturated heterocycles. The van der Waals surface area contributed by atoms with Crippen LogP contribution < -0.4 is 120 Å². The van der Waals surface area contributed by atoms with E-state index < -0.39 is 84.6 Å². The average Bonchev–Trinajstić information content (AvgIpc) is 3.60. The van der Waals surface area contributed by atoms with E-state index in [1.807, 2.05) is 0 Å². The first-order valence-electron chi connectivity index (χ1n) is 15.0. The third kappa shape index (κ3) is 17.6. The first kappa shape index (κ1) is 55.6. The summed E-state index contributed by atoms with van der Waals surface area (Å²) in [7, 11) is -17.3. The number of imidazole rings is 1. The van der Waals surface area contributed by atoms with Crippen molar-refractivity contribution in [2.24, 2.45) is 5.41 Å². The summed E-state index contributed by atoms with van der Waals surface area (Å²) in [5, 5.41) is 26.1. The number of phosphoric acid groups is 3. The second-order valence-electron chi connectivity index (χ2n) is 11.6. The number of fused-ring (bicyclic) bond motifs is 1. The number of amides is 2. The van der Waals surface area contributed by atoms with Gasteiger partial charge in [0, 0.05) is 37.1 Å². The topological polar surface area (TPSA) is 372 Å². The van der Waals surface area contributed by atoms with Gasteiger partial charge in [-0.25, -0.2) is 19.3 Å². The number of aliphatic hydroxyl groups is 2. The predicted octanol–water partition coefficient (Wildman–Crippen LogP) is -11.8. The Balaban J connectivity index is 0.00000972. The van der Waals surface area contributed by atoms with Gasteiger partial charge in [0.15, 0.2) is 22.8 Å². The maximum Gasteiger partial charge on any atom is 1.00 e. The Morgan fingerprint density at radius 2 is 1.71 bits per heavy atom. The predicted molar refractivity (Wildman–Crippen MR) is 171 cm³/mol. The maximum absolute atomic E-state index is 12.5. The summed E-state index contributed by atoms with van der Waals surface area (Å²) in [6.07, 6.45) is -6.99. The summed E-state index contributed by atoms with van der Waals surface area (Å²) < 4.78 is 60.6. The number of nitrogens with two attached hydrogens (primary N) is 1. The molecule has 1 aliphatic heterocycles. The summed E-state index contributed by atoms with van der Waals surface area (Å²) in [6, 6.07) is 0. The molecule has 8 atom stereocenters. The van der Waals surface area contributed by atoms with Crippen molar-refractivity contribution in [3.8, 4) is 0 Å². The van der Waals surface area contributed by atoms with Crippen LogP contribution in [0.5, 0.6) is 0 Å². The first-order chi connectivity index (χ1) is 24.1. The molecule has 0 bridgehead atoms. The molecule has 24 nitrogen and oxygen atoms in total. The monoisotopic (exact) mass is 889 g/mol. The van der Waals surface area contributed by atoms with Crippen molar-refractivity contribution >= 4 is 69.1 Å². The largest absolute Gasteiger partial charge is 1.00 e. The minimum absolute atomic E-state index is 0. The zero-order chi connectivity index (χ0) is 39.1. The molecule has 0 radical (unpaired) electrons. The number of aliphatic hydroxyl groups excluding tert-OH is 2. The van der Waals surface area contributed by atoms with E-state index in [2.05, 4.69) is 43.5 Å². The average molecular weight is 890 g/mol. The Labute approximate surface area is 384 Å². The van der Waals surface area contributed by atoms with E-state index in [1.54, 1.807) is 6.92 Å². The number of ether oxygens (including phenoxy) is 1. The third-order valence-corrected chi connectivity index (χ3v) is 11.1. The van der Waals surface area contributed by atoms with Gasteiger partial charge in [-0.15, -0.1) is 0 Å². The van der Waals surface area contributed by atoms with Crippen molar-refractivity contribution in [3.05, 3.63) is 12.7 Å². The van der Waals surface area contributed by atoms with Gasteiger partial charge in [-0.2, -0.15) is 0 Å². The standard InChI is InChI=1S/C24H40N7O17P3S.3Na/c1-4-15(33)52-8-7-26-14(32)5-6-27-22(36)19(35)24(2,3)10-45-51(42,43)48-50(40,41)44-9-13-18(47-49(37,38)39)17(34)23(46-13)31-12-30-16-20(25)28-11-29-21(16)31;;;/h11-13,17-19,23,34-35H,4-10H2,1-3H3,(H,26,32)(H,27,36)(H,40,41)(H,42,43)(H2,25,28,29)(H2,37,38,39);;;/q;3*+1/p-3/t13-,17-,18-,19+,23-;;;/m1.../s1. The van der Waals surface area contributed by atoms with Crippen LogP contribution in [0.3, 0.4) is 0 Å². The van der Waals surface area contributed by atoms with Gasteiger partial charge >= 0.3 is 88.7 Å². The van der Waals surface area contributed by atoms with Crippen LogP contribution in [0, 0.1) is 5.41 Å². The number of nitrogens with one attached hydrogen (secondary N) is 2. The van der Waals surface area contributed by atoms with E-state index in [9.17, 15) is 57.9 Å². The summed E-state index contributed by atoms with van der Waals surface area (Å²) in [5.41, 5.74) is 4.11. The molecular formula is C24H37N7Na3O17P3S. The number of anilines is 1.